The van der Waals surface area contributed by atoms with Crippen LogP contribution in [0.3, 0.4) is 0 Å². The zero-order valence-corrected chi connectivity index (χ0v) is 14.7. The minimum Gasteiger partial charge on any atom is -0.388 e. The molecule has 1 heterocycles. The second-order valence-electron chi connectivity index (χ2n) is 5.43. The molecule has 2 aromatic carbocycles. The Morgan fingerprint density at radius 3 is 2.58 bits per heavy atom. The standard InChI is InChI=1S/C21H20N2S/c1-4-9-15-18(5-2)24-19-13-8-11-16(20(15)19)21(22)14-10-6-7-12-17(14)23-3/h4-13,22-23H,2H2,1,3H3/b9-4-,22-21?. The van der Waals surface area contributed by atoms with Crippen molar-refractivity contribution in [3.63, 3.8) is 0 Å². The number of nitrogens with one attached hydrogen (secondary N) is 2. The molecule has 3 heteroatoms. The van der Waals surface area contributed by atoms with Gasteiger partial charge in [-0.3, -0.25) is 5.41 Å². The third-order valence-corrected chi connectivity index (χ3v) is 5.20. The van der Waals surface area contributed by atoms with Crippen LogP contribution in [0.15, 0.2) is 55.1 Å². The van der Waals surface area contributed by atoms with Crippen LogP contribution in [0.5, 0.6) is 0 Å². The molecule has 1 aromatic heterocycles. The van der Waals surface area contributed by atoms with Crippen LogP contribution >= 0.6 is 11.3 Å². The Balaban J connectivity index is 2.28. The van der Waals surface area contributed by atoms with E-state index in [2.05, 4.69) is 24.0 Å². The van der Waals surface area contributed by atoms with Crippen LogP contribution in [0.25, 0.3) is 22.2 Å². The smallest absolute Gasteiger partial charge is 0.0712 e. The molecule has 0 fully saturated rings. The summed E-state index contributed by atoms with van der Waals surface area (Å²) in [6.45, 7) is 5.96. The summed E-state index contributed by atoms with van der Waals surface area (Å²) in [4.78, 5) is 1.14. The largest absolute Gasteiger partial charge is 0.388 e. The van der Waals surface area contributed by atoms with E-state index in [4.69, 9.17) is 5.41 Å². The maximum Gasteiger partial charge on any atom is 0.0712 e. The fourth-order valence-corrected chi connectivity index (χ4v) is 4.02. The highest BCUT2D eigenvalue weighted by Gasteiger charge is 2.16. The highest BCUT2D eigenvalue weighted by atomic mass is 32.1. The number of para-hydroxylation sites is 1. The first-order valence-electron chi connectivity index (χ1n) is 7.88. The van der Waals surface area contributed by atoms with Crippen molar-refractivity contribution in [2.45, 2.75) is 6.92 Å². The van der Waals surface area contributed by atoms with Gasteiger partial charge in [0.2, 0.25) is 0 Å². The van der Waals surface area contributed by atoms with Crippen LogP contribution in [0.1, 0.15) is 28.5 Å². The minimum atomic E-state index is 0.532. The highest BCUT2D eigenvalue weighted by molar-refractivity contribution is 7.20. The van der Waals surface area contributed by atoms with Gasteiger partial charge < -0.3 is 5.32 Å². The predicted molar refractivity (Wildman–Crippen MR) is 109 cm³/mol. The summed E-state index contributed by atoms with van der Waals surface area (Å²) < 4.78 is 1.18. The van der Waals surface area contributed by atoms with E-state index < -0.39 is 0 Å². The number of hydrogen-bond donors (Lipinski definition) is 2. The van der Waals surface area contributed by atoms with E-state index >= 15 is 0 Å². The van der Waals surface area contributed by atoms with Gasteiger partial charge >= 0.3 is 0 Å². The fourth-order valence-electron chi connectivity index (χ4n) is 2.95. The lowest BCUT2D eigenvalue weighted by atomic mass is 9.95. The van der Waals surface area contributed by atoms with Gasteiger partial charge in [0.05, 0.1) is 5.71 Å². The summed E-state index contributed by atoms with van der Waals surface area (Å²) >= 11 is 1.72. The first-order chi connectivity index (χ1) is 11.7. The molecule has 0 radical (unpaired) electrons. The van der Waals surface area contributed by atoms with E-state index in [-0.39, 0.29) is 0 Å². The van der Waals surface area contributed by atoms with Gasteiger partial charge in [-0.1, -0.05) is 55.1 Å². The average molecular weight is 332 g/mol. The maximum absolute atomic E-state index is 8.81. The van der Waals surface area contributed by atoms with Crippen LogP contribution in [0.4, 0.5) is 5.69 Å². The predicted octanol–water partition coefficient (Wildman–Crippen LogP) is 6.04. The summed E-state index contributed by atoms with van der Waals surface area (Å²) in [5.74, 6) is 0. The van der Waals surface area contributed by atoms with Gasteiger partial charge in [0.15, 0.2) is 0 Å². The van der Waals surface area contributed by atoms with Crippen molar-refractivity contribution in [3.8, 4) is 0 Å². The van der Waals surface area contributed by atoms with Crippen LogP contribution in [-0.4, -0.2) is 12.8 Å². The molecule has 0 saturated carbocycles. The topological polar surface area (TPSA) is 35.9 Å². The molecule has 0 bridgehead atoms. The molecule has 0 unspecified atom stereocenters. The molecule has 0 aliphatic heterocycles. The molecule has 120 valence electrons. The van der Waals surface area contributed by atoms with Crippen LogP contribution in [0, 0.1) is 5.41 Å². The molecule has 2 nitrogen and oxygen atoms in total. The monoisotopic (exact) mass is 332 g/mol. The van der Waals surface area contributed by atoms with Gasteiger partial charge in [0.1, 0.15) is 0 Å². The van der Waals surface area contributed by atoms with E-state index in [1.807, 2.05) is 62.5 Å². The lowest BCUT2D eigenvalue weighted by molar-refractivity contribution is 1.44. The van der Waals surface area contributed by atoms with Crippen molar-refractivity contribution in [2.24, 2.45) is 0 Å². The molecule has 0 saturated heterocycles. The first kappa shape index (κ1) is 16.2. The van der Waals surface area contributed by atoms with Crippen molar-refractivity contribution < 1.29 is 0 Å². The van der Waals surface area contributed by atoms with Crippen molar-refractivity contribution >= 4 is 45.0 Å². The Hall–Kier alpha value is -2.65. The van der Waals surface area contributed by atoms with E-state index in [9.17, 15) is 0 Å². The van der Waals surface area contributed by atoms with Crippen LogP contribution in [-0.2, 0) is 0 Å². The van der Waals surface area contributed by atoms with Gasteiger partial charge in [-0.2, -0.15) is 0 Å². The van der Waals surface area contributed by atoms with Gasteiger partial charge in [-0.25, -0.2) is 0 Å². The van der Waals surface area contributed by atoms with E-state index in [1.54, 1.807) is 11.3 Å². The molecule has 0 aliphatic rings. The normalized spacial score (nSPS) is 11.1. The Kier molecular flexibility index (Phi) is 4.63. The molecular formula is C21H20N2S. The van der Waals surface area contributed by atoms with Crippen molar-refractivity contribution in [2.75, 3.05) is 12.4 Å². The van der Waals surface area contributed by atoms with Crippen LogP contribution < -0.4 is 5.32 Å². The second-order valence-corrected chi connectivity index (χ2v) is 6.52. The van der Waals surface area contributed by atoms with Crippen molar-refractivity contribution in [1.29, 1.82) is 5.41 Å². The molecule has 0 atom stereocenters. The quantitative estimate of drug-likeness (QED) is 0.549. The molecule has 3 rings (SSSR count). The number of thiophene rings is 1. The average Bonchev–Trinajstić information content (AvgIpc) is 2.99. The zero-order valence-electron chi connectivity index (χ0n) is 13.9. The summed E-state index contributed by atoms with van der Waals surface area (Å²) in [5, 5.41) is 13.1. The number of rotatable bonds is 5. The van der Waals surface area contributed by atoms with Crippen molar-refractivity contribution in [3.05, 3.63) is 76.7 Å². The van der Waals surface area contributed by atoms with E-state index in [0.29, 0.717) is 5.71 Å². The molecule has 24 heavy (non-hydrogen) atoms. The SMILES string of the molecule is C=Cc1sc2cccc(C(=N)c3ccccc3NC)c2c1/C=C\C. The number of fused-ring (bicyclic) bond motifs is 1. The molecule has 0 spiro atoms. The zero-order chi connectivity index (χ0) is 17.1. The third kappa shape index (κ3) is 2.68. The fraction of sp³-hybridized carbons (Fsp3) is 0.0952. The summed E-state index contributed by atoms with van der Waals surface area (Å²) in [5.41, 5.74) is 4.50. The summed E-state index contributed by atoms with van der Waals surface area (Å²) in [6.07, 6.45) is 6.04. The Labute approximate surface area is 146 Å². The Morgan fingerprint density at radius 1 is 1.12 bits per heavy atom. The Bertz CT molecular complexity index is 948. The maximum atomic E-state index is 8.81. The molecule has 0 amide bonds. The molecule has 2 N–H and O–H groups in total. The Morgan fingerprint density at radius 2 is 1.88 bits per heavy atom. The van der Waals surface area contributed by atoms with Gasteiger partial charge in [-0.05, 0) is 19.1 Å². The summed E-state index contributed by atoms with van der Waals surface area (Å²) in [6, 6.07) is 14.1. The third-order valence-electron chi connectivity index (χ3n) is 4.03. The summed E-state index contributed by atoms with van der Waals surface area (Å²) in [7, 11) is 1.89. The lowest BCUT2D eigenvalue weighted by Crippen LogP contribution is -2.06. The molecule has 0 aliphatic carbocycles. The van der Waals surface area contributed by atoms with Crippen molar-refractivity contribution in [1.82, 2.24) is 0 Å². The lowest BCUT2D eigenvalue weighted by Gasteiger charge is -2.12. The first-order valence-corrected chi connectivity index (χ1v) is 8.69. The number of allylic oxidation sites excluding steroid dienone is 1. The minimum absolute atomic E-state index is 0.532. The van der Waals surface area contributed by atoms with E-state index in [0.717, 1.165) is 32.6 Å². The van der Waals surface area contributed by atoms with Gasteiger partial charge in [0.25, 0.3) is 0 Å². The highest BCUT2D eigenvalue weighted by Crippen LogP contribution is 2.36. The van der Waals surface area contributed by atoms with E-state index in [1.165, 1.54) is 4.70 Å². The number of hydrogen-bond acceptors (Lipinski definition) is 3. The second kappa shape index (κ2) is 6.85. The molecule has 3 aromatic rings. The number of anilines is 1. The van der Waals surface area contributed by atoms with Gasteiger partial charge in [0, 0.05) is 44.4 Å². The molecular weight excluding hydrogens is 312 g/mol. The van der Waals surface area contributed by atoms with Crippen LogP contribution in [0.2, 0.25) is 0 Å². The van der Waals surface area contributed by atoms with Gasteiger partial charge in [-0.15, -0.1) is 11.3 Å². The number of benzene rings is 2.